The van der Waals surface area contributed by atoms with Gasteiger partial charge in [-0.25, -0.2) is 0 Å². The molecule has 12 rings (SSSR count). The molecule has 256 valence electrons. The summed E-state index contributed by atoms with van der Waals surface area (Å²) in [5.41, 5.74) is 8.51. The van der Waals surface area contributed by atoms with Gasteiger partial charge >= 0.3 is 0 Å². The Morgan fingerprint density at radius 3 is 1.16 bits per heavy atom. The Morgan fingerprint density at radius 1 is 0.345 bits per heavy atom. The van der Waals surface area contributed by atoms with Crippen molar-refractivity contribution < 1.29 is 0 Å². The summed E-state index contributed by atoms with van der Waals surface area (Å²) in [4.78, 5) is 30.8. The van der Waals surface area contributed by atoms with Gasteiger partial charge < -0.3 is 4.40 Å². The van der Waals surface area contributed by atoms with E-state index in [1.165, 1.54) is 37.8 Å². The molecular formula is C51H31NO2Si. The second-order valence-electron chi connectivity index (χ2n) is 15.0. The van der Waals surface area contributed by atoms with Crippen LogP contribution in [0.25, 0.3) is 49.2 Å². The fraction of sp³-hybridized carbons (Fsp3) is 0.0196. The van der Waals surface area contributed by atoms with E-state index in [2.05, 4.69) is 168 Å². The first-order chi connectivity index (χ1) is 27.1. The Balaban J connectivity index is 1.31. The van der Waals surface area contributed by atoms with Crippen LogP contribution in [0.5, 0.6) is 0 Å². The lowest BCUT2D eigenvalue weighted by Gasteiger charge is -2.39. The fourth-order valence-electron chi connectivity index (χ4n) is 10.6. The van der Waals surface area contributed by atoms with Crippen molar-refractivity contribution in [1.82, 2.24) is 4.40 Å². The molecule has 0 bridgehead atoms. The Hall–Kier alpha value is -6.88. The molecule has 8 aromatic carbocycles. The molecule has 0 fully saturated rings. The summed E-state index contributed by atoms with van der Waals surface area (Å²) >= 11 is 0. The second-order valence-corrected chi connectivity index (χ2v) is 18.8. The number of hydrogen-bond acceptors (Lipinski definition) is 2. The van der Waals surface area contributed by atoms with Crippen molar-refractivity contribution >= 4 is 66.9 Å². The summed E-state index contributed by atoms with van der Waals surface area (Å²) in [6.07, 6.45) is 0. The Morgan fingerprint density at radius 2 is 0.727 bits per heavy atom. The van der Waals surface area contributed by atoms with Gasteiger partial charge in [0.1, 0.15) is 0 Å². The summed E-state index contributed by atoms with van der Waals surface area (Å²) in [5, 5.41) is 7.06. The smallest absolute Gasteiger partial charge is 0.197 e. The van der Waals surface area contributed by atoms with Gasteiger partial charge in [0.05, 0.1) is 22.0 Å². The average molecular weight is 718 g/mol. The van der Waals surface area contributed by atoms with Crippen LogP contribution >= 0.6 is 0 Å². The number of pyridine rings is 2. The van der Waals surface area contributed by atoms with E-state index < -0.39 is 13.5 Å². The van der Waals surface area contributed by atoms with Gasteiger partial charge in [-0.3, -0.25) is 9.59 Å². The van der Waals surface area contributed by atoms with E-state index in [-0.39, 0.29) is 10.9 Å². The minimum atomic E-state index is -3.08. The van der Waals surface area contributed by atoms with E-state index in [1.807, 2.05) is 24.3 Å². The van der Waals surface area contributed by atoms with E-state index in [4.69, 9.17) is 0 Å². The molecule has 1 aliphatic heterocycles. The Labute approximate surface area is 317 Å². The first kappa shape index (κ1) is 30.6. The highest BCUT2D eigenvalue weighted by atomic mass is 28.3. The van der Waals surface area contributed by atoms with Gasteiger partial charge in [0.15, 0.2) is 18.9 Å². The Bertz CT molecular complexity index is 3100. The zero-order valence-electron chi connectivity index (χ0n) is 29.7. The van der Waals surface area contributed by atoms with Crippen LogP contribution in [0.15, 0.2) is 198 Å². The van der Waals surface area contributed by atoms with Gasteiger partial charge in [0.25, 0.3) is 0 Å². The van der Waals surface area contributed by atoms with E-state index >= 15 is 9.59 Å². The minimum absolute atomic E-state index is 0.0476. The number of nitrogens with zero attached hydrogens (tertiary/aromatic N) is 1. The van der Waals surface area contributed by atoms with Crippen molar-refractivity contribution in [2.75, 3.05) is 0 Å². The highest BCUT2D eigenvalue weighted by Crippen LogP contribution is 2.59. The second kappa shape index (κ2) is 10.8. The average Bonchev–Trinajstić information content (AvgIpc) is 3.55. The van der Waals surface area contributed by atoms with Crippen LogP contribution in [0.4, 0.5) is 0 Å². The summed E-state index contributed by atoms with van der Waals surface area (Å²) in [5.74, 6) is 0. The van der Waals surface area contributed by atoms with Crippen molar-refractivity contribution in [3.05, 3.63) is 231 Å². The van der Waals surface area contributed by atoms with Gasteiger partial charge in [-0.15, -0.1) is 0 Å². The number of para-hydroxylation sites is 2. The third kappa shape index (κ3) is 3.60. The van der Waals surface area contributed by atoms with E-state index in [0.717, 1.165) is 27.3 Å². The van der Waals surface area contributed by atoms with Gasteiger partial charge in [0.2, 0.25) is 0 Å². The molecule has 0 unspecified atom stereocenters. The highest BCUT2D eigenvalue weighted by Gasteiger charge is 2.50. The molecule has 4 heteroatoms. The summed E-state index contributed by atoms with van der Waals surface area (Å²) in [6, 6.07) is 66.0. The first-order valence-corrected chi connectivity index (χ1v) is 20.9. The molecule has 0 N–H and O–H groups in total. The molecule has 1 aliphatic carbocycles. The Kier molecular flexibility index (Phi) is 6.03. The SMILES string of the molecule is O=c1c2cccc3c2n2c4c(cccc4c(=O)c4cc([Si](c5ccccc5)(c5ccccc5)c5ccccc5)cc1c42)C31c2ccccc2-c2ccccc21. The maximum atomic E-state index is 15.4. The van der Waals surface area contributed by atoms with Crippen molar-refractivity contribution in [1.29, 1.82) is 0 Å². The number of aromatic nitrogens is 1. The standard InChI is InChI=1S/C51H31NO2Si/c53-49-38-24-14-28-44-47(38)52-46-40(49)30-35(55(32-16-4-1-5-17-32,33-18-6-2-7-19-33)34-20-8-3-9-21-34)31-41(46)50(54)39-25-15-29-45(48(39)52)51(44)42-26-12-10-22-36(42)37-23-11-13-27-43(37)51/h1-31H. The predicted molar refractivity (Wildman–Crippen MR) is 228 cm³/mol. The molecule has 3 heterocycles. The quantitative estimate of drug-likeness (QED) is 0.0814. The zero-order chi connectivity index (χ0) is 36.5. The topological polar surface area (TPSA) is 38.5 Å². The third-order valence-corrected chi connectivity index (χ3v) is 17.4. The molecule has 2 aliphatic rings. The molecule has 1 spiro atoms. The van der Waals surface area contributed by atoms with Crippen LogP contribution in [0, 0.1) is 0 Å². The minimum Gasteiger partial charge on any atom is -0.307 e. The highest BCUT2D eigenvalue weighted by molar-refractivity contribution is 7.20. The molecule has 0 amide bonds. The number of hydrogen-bond donors (Lipinski definition) is 0. The lowest BCUT2D eigenvalue weighted by Crippen LogP contribution is -2.74. The number of fused-ring (bicyclic) bond motifs is 7. The lowest BCUT2D eigenvalue weighted by molar-refractivity contribution is 0.767. The number of benzene rings is 8. The largest absolute Gasteiger partial charge is 0.307 e. The molecule has 0 saturated heterocycles. The molecular weight excluding hydrogens is 687 g/mol. The van der Waals surface area contributed by atoms with Crippen LogP contribution in [-0.2, 0) is 5.41 Å². The van der Waals surface area contributed by atoms with Gasteiger partial charge in [-0.05, 0) is 78.4 Å². The van der Waals surface area contributed by atoms with Crippen LogP contribution in [0.2, 0.25) is 0 Å². The summed E-state index contributed by atoms with van der Waals surface area (Å²) in [6.45, 7) is 0. The molecule has 55 heavy (non-hydrogen) atoms. The molecule has 0 radical (unpaired) electrons. The normalized spacial score (nSPS) is 13.7. The van der Waals surface area contributed by atoms with Crippen LogP contribution in [-0.4, -0.2) is 12.5 Å². The monoisotopic (exact) mass is 717 g/mol. The maximum Gasteiger partial charge on any atom is 0.197 e. The van der Waals surface area contributed by atoms with Crippen molar-refractivity contribution in [3.63, 3.8) is 0 Å². The van der Waals surface area contributed by atoms with Crippen molar-refractivity contribution in [2.24, 2.45) is 0 Å². The predicted octanol–water partition coefficient (Wildman–Crippen LogP) is 7.61. The third-order valence-electron chi connectivity index (χ3n) is 12.6. The summed E-state index contributed by atoms with van der Waals surface area (Å²) < 4.78 is 2.28. The van der Waals surface area contributed by atoms with E-state index in [9.17, 15) is 0 Å². The number of rotatable bonds is 4. The summed E-state index contributed by atoms with van der Waals surface area (Å²) in [7, 11) is -3.08. The van der Waals surface area contributed by atoms with Crippen molar-refractivity contribution in [3.8, 4) is 11.1 Å². The lowest BCUT2D eigenvalue weighted by atomic mass is 9.65. The van der Waals surface area contributed by atoms with Crippen LogP contribution < -0.4 is 31.6 Å². The zero-order valence-corrected chi connectivity index (χ0v) is 30.7. The van der Waals surface area contributed by atoms with E-state index in [1.54, 1.807) is 0 Å². The maximum absolute atomic E-state index is 15.4. The van der Waals surface area contributed by atoms with Gasteiger partial charge in [0, 0.05) is 21.5 Å². The van der Waals surface area contributed by atoms with Gasteiger partial charge in [-0.2, -0.15) is 0 Å². The van der Waals surface area contributed by atoms with Crippen LogP contribution in [0.3, 0.4) is 0 Å². The van der Waals surface area contributed by atoms with Crippen molar-refractivity contribution in [2.45, 2.75) is 5.41 Å². The van der Waals surface area contributed by atoms with E-state index in [0.29, 0.717) is 27.1 Å². The molecule has 0 saturated carbocycles. The first-order valence-electron chi connectivity index (χ1n) is 18.9. The molecule has 2 aromatic heterocycles. The van der Waals surface area contributed by atoms with Gasteiger partial charge in [-0.1, -0.05) is 164 Å². The molecule has 10 aromatic rings. The molecule has 0 atom stereocenters. The molecule has 3 nitrogen and oxygen atoms in total. The fourth-order valence-corrected chi connectivity index (χ4v) is 15.4. The van der Waals surface area contributed by atoms with Crippen LogP contribution in [0.1, 0.15) is 22.3 Å².